The molecule has 0 radical (unpaired) electrons. The molecule has 2 heterocycles. The largest absolute Gasteiger partial charge is 0.384 e. The van der Waals surface area contributed by atoms with Crippen LogP contribution in [0.3, 0.4) is 0 Å². The van der Waals surface area contributed by atoms with E-state index in [2.05, 4.69) is 10.3 Å². The van der Waals surface area contributed by atoms with Gasteiger partial charge >= 0.3 is 0 Å². The van der Waals surface area contributed by atoms with Crippen molar-refractivity contribution in [3.63, 3.8) is 0 Å². The van der Waals surface area contributed by atoms with Gasteiger partial charge in [-0.25, -0.2) is 4.68 Å². The monoisotopic (exact) mass is 395 g/mol. The quantitative estimate of drug-likeness (QED) is 0.590. The van der Waals surface area contributed by atoms with Crippen LogP contribution in [0.5, 0.6) is 0 Å². The van der Waals surface area contributed by atoms with Crippen molar-refractivity contribution in [2.24, 2.45) is 5.92 Å². The van der Waals surface area contributed by atoms with Gasteiger partial charge in [0.15, 0.2) is 0 Å². The van der Waals surface area contributed by atoms with Crippen molar-refractivity contribution in [3.05, 3.63) is 66.9 Å². The maximum Gasteiger partial charge on any atom is 0.113 e. The van der Waals surface area contributed by atoms with Crippen molar-refractivity contribution < 1.29 is 14.2 Å². The molecule has 0 N–H and O–H groups in total. The van der Waals surface area contributed by atoms with Gasteiger partial charge in [-0.3, -0.25) is 0 Å². The van der Waals surface area contributed by atoms with Gasteiger partial charge in [0.05, 0.1) is 25.1 Å². The highest BCUT2D eigenvalue weighted by molar-refractivity contribution is 5.57. The van der Waals surface area contributed by atoms with E-state index in [9.17, 15) is 0 Å². The van der Waals surface area contributed by atoms with Crippen molar-refractivity contribution in [2.45, 2.75) is 18.9 Å². The second-order valence-electron chi connectivity index (χ2n) is 7.06. The molecule has 1 aliphatic heterocycles. The van der Waals surface area contributed by atoms with Crippen molar-refractivity contribution >= 4 is 0 Å². The Morgan fingerprint density at radius 1 is 0.931 bits per heavy atom. The summed E-state index contributed by atoms with van der Waals surface area (Å²) in [5.41, 5.74) is 2.98. The van der Waals surface area contributed by atoms with Crippen LogP contribution < -0.4 is 0 Å². The number of aromatic nitrogens is 3. The van der Waals surface area contributed by atoms with Crippen LogP contribution in [-0.4, -0.2) is 55.1 Å². The highest BCUT2D eigenvalue weighted by atomic mass is 16.6. The molecule has 2 fully saturated rings. The number of hydrogen-bond donors (Lipinski definition) is 0. The highest BCUT2D eigenvalue weighted by Gasteiger charge is 2.21. The van der Waals surface area contributed by atoms with E-state index in [4.69, 9.17) is 14.2 Å². The molecule has 2 aliphatic rings. The molecule has 6 heteroatoms. The summed E-state index contributed by atoms with van der Waals surface area (Å²) in [5, 5.41) is 8.31. The summed E-state index contributed by atoms with van der Waals surface area (Å²) in [6.07, 6.45) is 5.15. The number of benzene rings is 2. The van der Waals surface area contributed by atoms with Gasteiger partial charge in [-0.2, -0.15) is 0 Å². The topological polar surface area (TPSA) is 61.7 Å². The minimum absolute atomic E-state index is 0.426. The van der Waals surface area contributed by atoms with E-state index in [0.717, 1.165) is 42.7 Å². The Morgan fingerprint density at radius 3 is 2.03 bits per heavy atom. The van der Waals surface area contributed by atoms with Crippen LogP contribution in [0.1, 0.15) is 12.8 Å². The molecule has 6 nitrogen and oxygen atoms in total. The second kappa shape index (κ2) is 11.5. The van der Waals surface area contributed by atoms with Gasteiger partial charge in [-0.1, -0.05) is 53.7 Å². The van der Waals surface area contributed by atoms with Crippen LogP contribution >= 0.6 is 0 Å². The molecular formula is C23H29N3O3. The van der Waals surface area contributed by atoms with E-state index >= 15 is 0 Å². The zero-order valence-electron chi connectivity index (χ0n) is 17.1. The van der Waals surface area contributed by atoms with Crippen LogP contribution in [0.2, 0.25) is 0 Å². The number of ether oxygens (including phenoxy) is 3. The Labute approximate surface area is 172 Å². The SMILES string of the molecule is COCC1CC1.COCC1CO1.c1ccc(-c2cn(-c3ccccc3)nn2)cc1. The molecule has 1 aromatic heterocycles. The summed E-state index contributed by atoms with van der Waals surface area (Å²) >= 11 is 0. The summed E-state index contributed by atoms with van der Waals surface area (Å²) in [4.78, 5) is 0. The molecular weight excluding hydrogens is 366 g/mol. The number of epoxide rings is 1. The molecule has 1 unspecified atom stereocenters. The van der Waals surface area contributed by atoms with E-state index in [0.29, 0.717) is 6.10 Å². The molecule has 1 atom stereocenters. The zero-order chi connectivity index (χ0) is 20.3. The molecule has 154 valence electrons. The predicted molar refractivity (Wildman–Crippen MR) is 113 cm³/mol. The lowest BCUT2D eigenvalue weighted by Crippen LogP contribution is -1.94. The molecule has 0 spiro atoms. The highest BCUT2D eigenvalue weighted by Crippen LogP contribution is 2.28. The summed E-state index contributed by atoms with van der Waals surface area (Å²) < 4.78 is 16.2. The third-order valence-corrected chi connectivity index (χ3v) is 4.44. The average Bonchev–Trinajstić information content (AvgIpc) is 3.71. The average molecular weight is 396 g/mol. The van der Waals surface area contributed by atoms with E-state index in [-0.39, 0.29) is 0 Å². The fourth-order valence-electron chi connectivity index (χ4n) is 2.58. The summed E-state index contributed by atoms with van der Waals surface area (Å²) in [7, 11) is 3.44. The van der Waals surface area contributed by atoms with Gasteiger partial charge in [-0.15, -0.1) is 5.10 Å². The Balaban J connectivity index is 0.000000163. The summed E-state index contributed by atoms with van der Waals surface area (Å²) in [6.45, 7) is 2.65. The first-order valence-electron chi connectivity index (χ1n) is 9.92. The zero-order valence-corrected chi connectivity index (χ0v) is 17.1. The summed E-state index contributed by atoms with van der Waals surface area (Å²) in [5.74, 6) is 0.926. The van der Waals surface area contributed by atoms with Crippen molar-refractivity contribution in [1.82, 2.24) is 15.0 Å². The van der Waals surface area contributed by atoms with Gasteiger partial charge in [0.2, 0.25) is 0 Å². The number of nitrogens with zero attached hydrogens (tertiary/aromatic N) is 3. The number of hydrogen-bond acceptors (Lipinski definition) is 5. The lowest BCUT2D eigenvalue weighted by atomic mass is 10.2. The van der Waals surface area contributed by atoms with Crippen molar-refractivity contribution in [2.75, 3.05) is 34.0 Å². The van der Waals surface area contributed by atoms with Gasteiger partial charge in [0.1, 0.15) is 11.8 Å². The third-order valence-electron chi connectivity index (χ3n) is 4.44. The lowest BCUT2D eigenvalue weighted by Gasteiger charge is -1.97. The fraction of sp³-hybridized carbons (Fsp3) is 0.391. The van der Waals surface area contributed by atoms with Crippen LogP contribution in [0.15, 0.2) is 66.9 Å². The Hall–Kier alpha value is -2.54. The van der Waals surface area contributed by atoms with Crippen LogP contribution in [0, 0.1) is 5.92 Å². The standard InChI is InChI=1S/C14H11N3.C5H10O.C4H8O2/c1-3-7-12(8-4-1)14-11-17(16-15-14)13-9-5-2-6-10-13;1-6-4-5-2-3-5;1-5-2-4-3-6-4/h1-11H;5H,2-4H2,1H3;4H,2-3H2,1H3. The third kappa shape index (κ3) is 7.77. The smallest absolute Gasteiger partial charge is 0.113 e. The minimum Gasteiger partial charge on any atom is -0.384 e. The molecule has 2 aromatic carbocycles. The first-order chi connectivity index (χ1) is 14.3. The lowest BCUT2D eigenvalue weighted by molar-refractivity contribution is 0.171. The van der Waals surface area contributed by atoms with Gasteiger partial charge < -0.3 is 14.2 Å². The van der Waals surface area contributed by atoms with Gasteiger partial charge in [-0.05, 0) is 30.9 Å². The van der Waals surface area contributed by atoms with Crippen molar-refractivity contribution in [1.29, 1.82) is 0 Å². The molecule has 5 rings (SSSR count). The molecule has 0 bridgehead atoms. The molecule has 1 saturated heterocycles. The molecule has 1 aliphatic carbocycles. The van der Waals surface area contributed by atoms with E-state index in [1.807, 2.05) is 66.9 Å². The summed E-state index contributed by atoms with van der Waals surface area (Å²) in [6, 6.07) is 20.0. The Kier molecular flexibility index (Phi) is 8.37. The van der Waals surface area contributed by atoms with E-state index < -0.39 is 0 Å². The minimum atomic E-state index is 0.426. The second-order valence-corrected chi connectivity index (χ2v) is 7.06. The first kappa shape index (κ1) is 21.2. The molecule has 0 amide bonds. The van der Waals surface area contributed by atoms with E-state index in [1.54, 1.807) is 18.9 Å². The van der Waals surface area contributed by atoms with Gasteiger partial charge in [0, 0.05) is 26.4 Å². The fourth-order valence-corrected chi connectivity index (χ4v) is 2.58. The van der Waals surface area contributed by atoms with Crippen LogP contribution in [0.4, 0.5) is 0 Å². The number of rotatable bonds is 6. The van der Waals surface area contributed by atoms with Crippen LogP contribution in [0.25, 0.3) is 16.9 Å². The number of methoxy groups -OCH3 is 2. The van der Waals surface area contributed by atoms with Crippen molar-refractivity contribution in [3.8, 4) is 16.9 Å². The molecule has 3 aromatic rings. The molecule has 29 heavy (non-hydrogen) atoms. The first-order valence-corrected chi connectivity index (χ1v) is 9.92. The van der Waals surface area contributed by atoms with Gasteiger partial charge in [0.25, 0.3) is 0 Å². The number of para-hydroxylation sites is 1. The van der Waals surface area contributed by atoms with E-state index in [1.165, 1.54) is 12.8 Å². The Bertz CT molecular complexity index is 748. The predicted octanol–water partition coefficient (Wildman–Crippen LogP) is 4.01. The normalized spacial score (nSPS) is 16.8. The molecule has 1 saturated carbocycles. The Morgan fingerprint density at radius 2 is 1.55 bits per heavy atom. The van der Waals surface area contributed by atoms with Crippen LogP contribution in [-0.2, 0) is 14.2 Å². The maximum absolute atomic E-state index is 4.87. The maximum atomic E-state index is 4.87.